The number of aryl methyl sites for hydroxylation is 1. The van der Waals surface area contributed by atoms with Gasteiger partial charge in [-0.15, -0.1) is 11.3 Å². The molecular formula is C37H31NS. The first-order chi connectivity index (χ1) is 19.0. The standard InChI is InChI=1S/C37H31NS/c1-22-14-16-25-28-18-17-24(27-9-7-12-31(35(27)28)37(2,3)32(25)20-22)23-15-19-33(38-21-23)30-11-6-10-29-26-8-4-5-13-34(26)39-36(29)30/h4-10,12-21,30,33,38H,11H2,1-3H3. The smallest absolute Gasteiger partial charge is 0.0522 e. The van der Waals surface area contributed by atoms with Gasteiger partial charge in [-0.25, -0.2) is 0 Å². The first-order valence-electron chi connectivity index (χ1n) is 14.0. The molecule has 5 aromatic rings. The molecular weight excluding hydrogens is 490 g/mol. The van der Waals surface area contributed by atoms with Crippen LogP contribution in [0.25, 0.3) is 43.6 Å². The van der Waals surface area contributed by atoms with Crippen molar-refractivity contribution in [2.45, 2.75) is 44.6 Å². The molecule has 1 N–H and O–H groups in total. The highest BCUT2D eigenvalue weighted by Crippen LogP contribution is 2.50. The quantitative estimate of drug-likeness (QED) is 0.244. The van der Waals surface area contributed by atoms with Gasteiger partial charge < -0.3 is 5.32 Å². The summed E-state index contributed by atoms with van der Waals surface area (Å²) in [7, 11) is 0. The number of fused-ring (bicyclic) bond motifs is 5. The van der Waals surface area contributed by atoms with E-state index in [9.17, 15) is 0 Å². The fourth-order valence-electron chi connectivity index (χ4n) is 7.15. The molecule has 2 heteroatoms. The van der Waals surface area contributed by atoms with E-state index in [1.54, 1.807) is 0 Å². The van der Waals surface area contributed by atoms with Crippen LogP contribution in [0.5, 0.6) is 0 Å². The van der Waals surface area contributed by atoms with E-state index in [0.717, 1.165) is 6.42 Å². The summed E-state index contributed by atoms with van der Waals surface area (Å²) in [5.74, 6) is 0.452. The van der Waals surface area contributed by atoms with Crippen LogP contribution in [0.15, 0.2) is 97.2 Å². The average molecular weight is 522 g/mol. The predicted molar refractivity (Wildman–Crippen MR) is 169 cm³/mol. The Labute approximate surface area is 234 Å². The van der Waals surface area contributed by atoms with Crippen LogP contribution in [0.1, 0.15) is 58.9 Å². The van der Waals surface area contributed by atoms with E-state index in [1.807, 2.05) is 11.3 Å². The number of hydrogen-bond acceptors (Lipinski definition) is 2. The van der Waals surface area contributed by atoms with Crippen molar-refractivity contribution < 1.29 is 0 Å². The molecule has 2 aliphatic carbocycles. The second kappa shape index (κ2) is 8.31. The number of benzene rings is 4. The zero-order valence-corrected chi connectivity index (χ0v) is 23.4. The minimum absolute atomic E-state index is 0.0386. The van der Waals surface area contributed by atoms with E-state index >= 15 is 0 Å². The van der Waals surface area contributed by atoms with Gasteiger partial charge in [0.05, 0.1) is 6.04 Å². The topological polar surface area (TPSA) is 12.0 Å². The molecule has 0 saturated heterocycles. The van der Waals surface area contributed by atoms with Gasteiger partial charge in [0.1, 0.15) is 0 Å². The number of rotatable bonds is 2. The van der Waals surface area contributed by atoms with Crippen LogP contribution < -0.4 is 5.32 Å². The number of thiophene rings is 1. The van der Waals surface area contributed by atoms with Gasteiger partial charge in [0.2, 0.25) is 0 Å². The molecule has 0 radical (unpaired) electrons. The molecule has 39 heavy (non-hydrogen) atoms. The Morgan fingerprint density at radius 3 is 2.51 bits per heavy atom. The lowest BCUT2D eigenvalue weighted by Crippen LogP contribution is -2.31. The van der Waals surface area contributed by atoms with E-state index in [1.165, 1.54) is 70.3 Å². The molecule has 2 atom stereocenters. The lowest BCUT2D eigenvalue weighted by molar-refractivity contribution is 0.559. The molecule has 0 fully saturated rings. The van der Waals surface area contributed by atoms with E-state index in [2.05, 4.69) is 129 Å². The van der Waals surface area contributed by atoms with Crippen molar-refractivity contribution in [1.29, 1.82) is 0 Å². The summed E-state index contributed by atoms with van der Waals surface area (Å²) in [5, 5.41) is 7.94. The Bertz CT molecular complexity index is 1910. The summed E-state index contributed by atoms with van der Waals surface area (Å²) >= 11 is 1.96. The molecule has 1 nitrogen and oxygen atoms in total. The van der Waals surface area contributed by atoms with Crippen molar-refractivity contribution in [3.05, 3.63) is 130 Å². The third kappa shape index (κ3) is 3.31. The molecule has 0 spiro atoms. The Morgan fingerprint density at radius 1 is 0.821 bits per heavy atom. The summed E-state index contributed by atoms with van der Waals surface area (Å²) in [5.41, 5.74) is 10.8. The SMILES string of the molecule is Cc1ccc2c(c1)C(C)(C)c1cccc3c(C4=CNC(C5CC=Cc6c5sc5ccccc65)C=C4)ccc-2c13. The molecule has 190 valence electrons. The summed E-state index contributed by atoms with van der Waals surface area (Å²) in [6.45, 7) is 6.95. The average Bonchev–Trinajstić information content (AvgIpc) is 3.35. The second-order valence-corrected chi connectivity index (χ2v) is 12.9. The van der Waals surface area contributed by atoms with Gasteiger partial charge in [-0.3, -0.25) is 0 Å². The first-order valence-corrected chi connectivity index (χ1v) is 14.8. The molecule has 3 aliphatic rings. The fraction of sp³-hybridized carbons (Fsp3) is 0.189. The Balaban J connectivity index is 1.19. The number of dihydropyridines is 1. The van der Waals surface area contributed by atoms with Crippen molar-refractivity contribution in [2.24, 2.45) is 0 Å². The van der Waals surface area contributed by atoms with E-state index in [0.29, 0.717) is 12.0 Å². The summed E-state index contributed by atoms with van der Waals surface area (Å²) in [4.78, 5) is 1.51. The van der Waals surface area contributed by atoms with Crippen LogP contribution in [0.4, 0.5) is 0 Å². The molecule has 2 heterocycles. The van der Waals surface area contributed by atoms with Crippen LogP contribution in [0.3, 0.4) is 0 Å². The summed E-state index contributed by atoms with van der Waals surface area (Å²) in [6, 6.07) is 27.6. The van der Waals surface area contributed by atoms with Crippen LogP contribution >= 0.6 is 11.3 Å². The van der Waals surface area contributed by atoms with Gasteiger partial charge in [-0.1, -0.05) is 110 Å². The summed E-state index contributed by atoms with van der Waals surface area (Å²) < 4.78 is 1.39. The van der Waals surface area contributed by atoms with Gasteiger partial charge in [0.15, 0.2) is 0 Å². The van der Waals surface area contributed by atoms with Crippen LogP contribution in [0, 0.1) is 6.92 Å². The van der Waals surface area contributed by atoms with E-state index in [-0.39, 0.29) is 5.41 Å². The Hall–Kier alpha value is -3.88. The first kappa shape index (κ1) is 23.0. The minimum atomic E-state index is -0.0386. The maximum atomic E-state index is 3.81. The lowest BCUT2D eigenvalue weighted by atomic mass is 9.67. The predicted octanol–water partition coefficient (Wildman–Crippen LogP) is 9.74. The van der Waals surface area contributed by atoms with Crippen molar-refractivity contribution in [1.82, 2.24) is 5.32 Å². The Morgan fingerprint density at radius 2 is 1.64 bits per heavy atom. The van der Waals surface area contributed by atoms with Gasteiger partial charge >= 0.3 is 0 Å². The normalized spacial score (nSPS) is 20.4. The van der Waals surface area contributed by atoms with E-state index < -0.39 is 0 Å². The second-order valence-electron chi connectivity index (χ2n) is 11.8. The molecule has 1 aliphatic heterocycles. The third-order valence-electron chi connectivity index (χ3n) is 9.19. The van der Waals surface area contributed by atoms with Crippen LogP contribution in [0.2, 0.25) is 0 Å². The monoisotopic (exact) mass is 521 g/mol. The number of allylic oxidation sites excluding steroid dienone is 3. The highest BCUT2D eigenvalue weighted by molar-refractivity contribution is 7.19. The van der Waals surface area contributed by atoms with Gasteiger partial charge in [0, 0.05) is 27.1 Å². The molecule has 0 saturated carbocycles. The summed E-state index contributed by atoms with van der Waals surface area (Å²) in [6.07, 6.45) is 12.8. The largest absolute Gasteiger partial charge is 0.384 e. The highest BCUT2D eigenvalue weighted by Gasteiger charge is 2.34. The third-order valence-corrected chi connectivity index (χ3v) is 10.5. The zero-order chi connectivity index (χ0) is 26.3. The van der Waals surface area contributed by atoms with Crippen molar-refractivity contribution in [3.63, 3.8) is 0 Å². The molecule has 0 amide bonds. The molecule has 0 bridgehead atoms. The van der Waals surface area contributed by atoms with Gasteiger partial charge in [-0.05, 0) is 74.5 Å². The maximum absolute atomic E-state index is 3.81. The molecule has 4 aromatic carbocycles. The molecule has 1 aromatic heterocycles. The minimum Gasteiger partial charge on any atom is -0.384 e. The molecule has 8 rings (SSSR count). The van der Waals surface area contributed by atoms with Gasteiger partial charge in [-0.2, -0.15) is 0 Å². The number of nitrogens with one attached hydrogen (secondary N) is 1. The molecule has 2 unspecified atom stereocenters. The van der Waals surface area contributed by atoms with Crippen molar-refractivity contribution in [3.8, 4) is 11.1 Å². The van der Waals surface area contributed by atoms with E-state index in [4.69, 9.17) is 0 Å². The maximum Gasteiger partial charge on any atom is 0.0522 e. The van der Waals surface area contributed by atoms with Crippen LogP contribution in [-0.2, 0) is 5.41 Å². The van der Waals surface area contributed by atoms with Crippen molar-refractivity contribution in [2.75, 3.05) is 0 Å². The highest BCUT2D eigenvalue weighted by atomic mass is 32.1. The fourth-order valence-corrected chi connectivity index (χ4v) is 8.51. The Kier molecular flexibility index (Phi) is 4.91. The van der Waals surface area contributed by atoms with Gasteiger partial charge in [0.25, 0.3) is 0 Å². The number of hydrogen-bond donors (Lipinski definition) is 1. The van der Waals surface area contributed by atoms with Crippen LogP contribution in [-0.4, -0.2) is 6.04 Å². The lowest BCUT2D eigenvalue weighted by Gasteiger charge is -2.36. The van der Waals surface area contributed by atoms with Crippen molar-refractivity contribution >= 4 is 43.8 Å². The zero-order valence-electron chi connectivity index (χ0n) is 22.6.